The average molecular weight is 1010 g/mol. The number of ether oxygens (including phenoxy) is 1. The Kier molecular flexibility index (Phi) is 13.2. The summed E-state index contributed by atoms with van der Waals surface area (Å²) in [5, 5.41) is 0. The molecule has 74 heavy (non-hydrogen) atoms. The second-order valence-electron chi connectivity index (χ2n) is 32.6. The summed E-state index contributed by atoms with van der Waals surface area (Å²) in [4.78, 5) is 14.7. The fourth-order valence-electron chi connectivity index (χ4n) is 28.5. The van der Waals surface area contributed by atoms with E-state index in [0.29, 0.717) is 69.5 Å². The molecule has 0 radical (unpaired) electrons. The van der Waals surface area contributed by atoms with Gasteiger partial charge >= 0.3 is 5.97 Å². The summed E-state index contributed by atoms with van der Waals surface area (Å²) in [6.45, 7) is 40.9. The Hall–Kier alpha value is -1.35. The maximum atomic E-state index is 14.7. The van der Waals surface area contributed by atoms with Crippen LogP contribution in [0.2, 0.25) is 0 Å². The third kappa shape index (κ3) is 6.85. The third-order valence-electron chi connectivity index (χ3n) is 31.0. The predicted octanol–water partition coefficient (Wildman–Crippen LogP) is 18.3. The standard InChI is InChI=1S/C71H113NO2/c1-14-43(4)59-57(41-56-50-29-26-47-23-17-20-35-64(47,8)53(50)32-38-67(56,59)11)70(42-58-51-30-27-48-24-18-21-36-65(48,9)54(51)33-39-68(58,12)61(70)44(5)15-2)71(72)62(45(6)16-3)69(13)40-34-55-52(60(69)63(71)74-46(7)73)31-28-49-25-19-22-37-66(49,55)10/h14-16,43-45,47-63H,1-3,17-42,72H2,4-13H3/t43-,44-,45-,47?,48?,49?,50-,51-,52-,53+,54+,55+,56+,57?,58+,59+,60-,61-,62-,63?,64+,65+,66+,67+,68+,69+,70?,71?/m1/s1. The molecular formula is C71H113NO2. The molecule has 0 aromatic carbocycles. The molecule has 2 N–H and O–H groups in total. The van der Waals surface area contributed by atoms with E-state index in [0.717, 1.165) is 41.4 Å². The monoisotopic (exact) mass is 1010 g/mol. The van der Waals surface area contributed by atoms with Gasteiger partial charge in [-0.1, -0.05) is 119 Å². The zero-order chi connectivity index (χ0) is 52.3. The highest BCUT2D eigenvalue weighted by molar-refractivity contribution is 5.66. The van der Waals surface area contributed by atoms with E-state index in [2.05, 4.69) is 80.5 Å². The minimum Gasteiger partial charge on any atom is -0.460 e. The van der Waals surface area contributed by atoms with Crippen molar-refractivity contribution in [2.75, 3.05) is 0 Å². The fraction of sp³-hybridized carbons (Fsp3) is 0.901. The first-order chi connectivity index (χ1) is 35.2. The van der Waals surface area contributed by atoms with Crippen LogP contribution in [0.15, 0.2) is 38.0 Å². The van der Waals surface area contributed by atoms with Crippen molar-refractivity contribution in [3.63, 3.8) is 0 Å². The summed E-state index contributed by atoms with van der Waals surface area (Å²) in [5.41, 5.74) is 10.2. The van der Waals surface area contributed by atoms with E-state index >= 15 is 0 Å². The van der Waals surface area contributed by atoms with E-state index in [1.165, 1.54) is 167 Å². The molecule has 12 aliphatic rings. The molecule has 0 bridgehead atoms. The Bertz CT molecular complexity index is 2180. The summed E-state index contributed by atoms with van der Waals surface area (Å²) in [6.07, 6.45) is 42.8. The smallest absolute Gasteiger partial charge is 0.302 e. The molecule has 0 saturated heterocycles. The Morgan fingerprint density at radius 2 is 0.932 bits per heavy atom. The number of hydrogen-bond donors (Lipinski definition) is 1. The summed E-state index contributed by atoms with van der Waals surface area (Å²) in [7, 11) is 0. The van der Waals surface area contributed by atoms with Crippen LogP contribution in [-0.2, 0) is 9.53 Å². The van der Waals surface area contributed by atoms with Crippen molar-refractivity contribution in [3.05, 3.63) is 38.0 Å². The van der Waals surface area contributed by atoms with E-state index in [-0.39, 0.29) is 51.5 Å². The van der Waals surface area contributed by atoms with Crippen LogP contribution >= 0.6 is 0 Å². The van der Waals surface area contributed by atoms with Crippen LogP contribution < -0.4 is 5.73 Å². The maximum Gasteiger partial charge on any atom is 0.302 e. The largest absolute Gasteiger partial charge is 0.460 e. The van der Waals surface area contributed by atoms with Gasteiger partial charge in [0.2, 0.25) is 0 Å². The Morgan fingerprint density at radius 1 is 0.486 bits per heavy atom. The summed E-state index contributed by atoms with van der Waals surface area (Å²) >= 11 is 0. The van der Waals surface area contributed by atoms with Crippen LogP contribution in [0, 0.1) is 150 Å². The van der Waals surface area contributed by atoms with Gasteiger partial charge in [0.25, 0.3) is 0 Å². The molecule has 3 heteroatoms. The number of esters is 1. The van der Waals surface area contributed by atoms with Gasteiger partial charge in [-0.15, -0.1) is 19.7 Å². The highest BCUT2D eigenvalue weighted by atomic mass is 16.5. The molecular weight excluding hydrogens is 899 g/mol. The molecule has 28 atom stereocenters. The van der Waals surface area contributed by atoms with Crippen molar-refractivity contribution in [2.45, 2.75) is 248 Å². The number of allylic oxidation sites excluding steroid dienone is 3. The van der Waals surface area contributed by atoms with Crippen molar-refractivity contribution in [2.24, 2.45) is 156 Å². The maximum absolute atomic E-state index is 14.7. The lowest BCUT2D eigenvalue weighted by atomic mass is 9.42. The van der Waals surface area contributed by atoms with E-state index in [1.54, 1.807) is 6.92 Å². The van der Waals surface area contributed by atoms with Gasteiger partial charge in [-0.2, -0.15) is 0 Å². The van der Waals surface area contributed by atoms with Gasteiger partial charge in [-0.25, -0.2) is 0 Å². The molecule has 0 aliphatic heterocycles. The molecule has 0 heterocycles. The number of carbonyl (C=O) groups is 1. The van der Waals surface area contributed by atoms with E-state index in [9.17, 15) is 10.5 Å². The number of nitrogens with two attached hydrogens (primary N) is 1. The van der Waals surface area contributed by atoms with Gasteiger partial charge in [0.1, 0.15) is 6.10 Å². The number of carbonyl (C=O) groups excluding carboxylic acids is 1. The van der Waals surface area contributed by atoms with Crippen LogP contribution in [0.1, 0.15) is 236 Å². The summed E-state index contributed by atoms with van der Waals surface area (Å²) < 4.78 is 7.62. The fourth-order valence-corrected chi connectivity index (χ4v) is 28.5. The Morgan fingerprint density at radius 3 is 1.43 bits per heavy atom. The van der Waals surface area contributed by atoms with Crippen LogP contribution in [0.4, 0.5) is 0 Å². The van der Waals surface area contributed by atoms with Crippen molar-refractivity contribution < 1.29 is 9.53 Å². The molecule has 414 valence electrons. The van der Waals surface area contributed by atoms with Gasteiger partial charge in [0, 0.05) is 12.8 Å². The molecule has 0 aromatic heterocycles. The highest BCUT2D eigenvalue weighted by Gasteiger charge is 2.84. The minimum atomic E-state index is -0.755. The van der Waals surface area contributed by atoms with E-state index in [4.69, 9.17) is 24.5 Å². The quantitative estimate of drug-likeness (QED) is 0.185. The molecule has 12 aliphatic carbocycles. The zero-order valence-electron chi connectivity index (χ0n) is 49.7. The first kappa shape index (κ1) is 53.3. The summed E-state index contributed by atoms with van der Waals surface area (Å²) in [5.74, 6) is 10.7. The average Bonchev–Trinajstić information content (AvgIpc) is 3.94. The molecule has 12 rings (SSSR count). The highest BCUT2D eigenvalue weighted by Crippen LogP contribution is 2.84. The van der Waals surface area contributed by atoms with Crippen molar-refractivity contribution in [1.82, 2.24) is 0 Å². The Balaban J connectivity index is 1.11. The predicted molar refractivity (Wildman–Crippen MR) is 308 cm³/mol. The van der Waals surface area contributed by atoms with Crippen LogP contribution in [0.5, 0.6) is 0 Å². The van der Waals surface area contributed by atoms with Gasteiger partial charge in [-0.3, -0.25) is 4.79 Å². The molecule has 7 unspecified atom stereocenters. The van der Waals surface area contributed by atoms with Crippen LogP contribution in [0.25, 0.3) is 0 Å². The lowest BCUT2D eigenvalue weighted by molar-refractivity contribution is -0.177. The topological polar surface area (TPSA) is 52.3 Å². The lowest BCUT2D eigenvalue weighted by Crippen LogP contribution is -2.72. The molecule has 12 fully saturated rings. The molecule has 0 aromatic rings. The number of hydrogen-bond acceptors (Lipinski definition) is 3. The van der Waals surface area contributed by atoms with Crippen molar-refractivity contribution >= 4 is 5.97 Å². The van der Waals surface area contributed by atoms with Gasteiger partial charge in [0.15, 0.2) is 0 Å². The molecule has 12 saturated carbocycles. The second-order valence-corrected chi connectivity index (χ2v) is 32.6. The van der Waals surface area contributed by atoms with Gasteiger partial charge in [-0.05, 0) is 273 Å². The number of rotatable bonds is 9. The van der Waals surface area contributed by atoms with Crippen LogP contribution in [-0.4, -0.2) is 17.6 Å². The Labute approximate surface area is 455 Å². The normalized spacial score (nSPS) is 57.4. The molecule has 3 nitrogen and oxygen atoms in total. The first-order valence-corrected chi connectivity index (χ1v) is 33.0. The van der Waals surface area contributed by atoms with Crippen molar-refractivity contribution in [3.8, 4) is 0 Å². The SMILES string of the molecule is C=C[C@@H](C)[C@H]1C(C2(C3(N)C(OC(C)=O)[C@H]4[C@@H]5CCC6CCCC[C@]6(C)[C@H]5CC[C@]4(C)[C@H]3[C@H](C)C=C)C[C@H]3[C@@H]4CCC5CCCC[C@]5(C)[C@H]4CC[C@]3(C)[C@H]2[C@H](C)C=C)C[C@H]2[C@@H]3CCC4CCCC[C@]4(C)[C@H]3CC[C@]12C. The minimum absolute atomic E-state index is 0.0742. The second kappa shape index (κ2) is 18.3. The van der Waals surface area contributed by atoms with E-state index < -0.39 is 5.54 Å². The molecule has 0 spiro atoms. The van der Waals surface area contributed by atoms with Crippen molar-refractivity contribution in [1.29, 1.82) is 0 Å². The van der Waals surface area contributed by atoms with Gasteiger partial charge < -0.3 is 10.5 Å². The van der Waals surface area contributed by atoms with Crippen LogP contribution in [0.3, 0.4) is 0 Å². The molecule has 0 amide bonds. The van der Waals surface area contributed by atoms with Gasteiger partial charge in [0.05, 0.1) is 5.54 Å². The number of fused-ring (bicyclic) bond motifs is 15. The summed E-state index contributed by atoms with van der Waals surface area (Å²) in [6, 6.07) is 0. The lowest BCUT2D eigenvalue weighted by Gasteiger charge is -2.63. The zero-order valence-corrected chi connectivity index (χ0v) is 49.7. The first-order valence-electron chi connectivity index (χ1n) is 33.0. The third-order valence-corrected chi connectivity index (χ3v) is 31.0. The van der Waals surface area contributed by atoms with E-state index in [1.807, 2.05) is 0 Å².